The summed E-state index contributed by atoms with van der Waals surface area (Å²) in [6.07, 6.45) is 7.08. The van der Waals surface area contributed by atoms with Gasteiger partial charge in [-0.1, -0.05) is 19.1 Å². The molecule has 0 saturated heterocycles. The largest absolute Gasteiger partial charge is 0.389 e. The number of hydrogen-bond donors (Lipinski definition) is 1. The van der Waals surface area contributed by atoms with Crippen LogP contribution in [-0.2, 0) is 4.79 Å². The lowest BCUT2D eigenvalue weighted by Gasteiger charge is -2.23. The Bertz CT molecular complexity index is 175. The lowest BCUT2D eigenvalue weighted by atomic mass is 9.83. The Hall–Kier alpha value is -0.630. The monoisotopic (exact) mass is 168 g/mol. The lowest BCUT2D eigenvalue weighted by Crippen LogP contribution is -2.17. The molecule has 0 saturated carbocycles. The summed E-state index contributed by atoms with van der Waals surface area (Å²) in [6.45, 7) is 2.08. The normalized spacial score (nSPS) is 31.5. The van der Waals surface area contributed by atoms with Gasteiger partial charge in [0.25, 0.3) is 0 Å². The quantitative estimate of drug-likeness (QED) is 0.512. The van der Waals surface area contributed by atoms with E-state index in [2.05, 4.69) is 6.92 Å². The van der Waals surface area contributed by atoms with Gasteiger partial charge in [0, 0.05) is 6.42 Å². The summed E-state index contributed by atoms with van der Waals surface area (Å²) >= 11 is 0. The summed E-state index contributed by atoms with van der Waals surface area (Å²) in [7, 11) is 0. The van der Waals surface area contributed by atoms with Crippen LogP contribution in [0, 0.1) is 11.8 Å². The standard InChI is InChI=1S/C10H16O2/c1-8(6-7-11)9-2-4-10(12)5-3-9/h2,4,7-10,12H,3,5-6H2,1H3/t8-,9+,10-/m1/s1. The highest BCUT2D eigenvalue weighted by Gasteiger charge is 2.18. The minimum atomic E-state index is -0.260. The third kappa shape index (κ3) is 2.45. The zero-order valence-corrected chi connectivity index (χ0v) is 7.44. The molecule has 0 aromatic heterocycles. The van der Waals surface area contributed by atoms with Crippen molar-refractivity contribution in [1.29, 1.82) is 0 Å². The molecule has 0 unspecified atom stereocenters. The molecule has 2 heteroatoms. The number of aldehydes is 1. The molecule has 68 valence electrons. The molecule has 1 aliphatic rings. The molecule has 1 aliphatic carbocycles. The van der Waals surface area contributed by atoms with E-state index in [4.69, 9.17) is 0 Å². The number of carbonyl (C=O) groups is 1. The van der Waals surface area contributed by atoms with Crippen molar-refractivity contribution >= 4 is 6.29 Å². The highest BCUT2D eigenvalue weighted by atomic mass is 16.3. The molecular weight excluding hydrogens is 152 g/mol. The van der Waals surface area contributed by atoms with Crippen LogP contribution in [0.5, 0.6) is 0 Å². The Morgan fingerprint density at radius 1 is 1.58 bits per heavy atom. The number of aliphatic hydroxyl groups is 1. The van der Waals surface area contributed by atoms with Crippen LogP contribution in [0.3, 0.4) is 0 Å². The molecule has 0 fully saturated rings. The van der Waals surface area contributed by atoms with Gasteiger partial charge in [-0.05, 0) is 24.7 Å². The van der Waals surface area contributed by atoms with Crippen molar-refractivity contribution in [2.24, 2.45) is 11.8 Å². The number of hydrogen-bond acceptors (Lipinski definition) is 2. The van der Waals surface area contributed by atoms with Gasteiger partial charge in [-0.2, -0.15) is 0 Å². The molecule has 1 rings (SSSR count). The van der Waals surface area contributed by atoms with E-state index in [0.29, 0.717) is 18.3 Å². The average molecular weight is 168 g/mol. The second kappa shape index (κ2) is 4.41. The molecule has 0 amide bonds. The molecule has 2 nitrogen and oxygen atoms in total. The van der Waals surface area contributed by atoms with Gasteiger partial charge in [0.05, 0.1) is 6.10 Å². The third-order valence-electron chi connectivity index (χ3n) is 2.58. The maximum absolute atomic E-state index is 10.2. The van der Waals surface area contributed by atoms with Gasteiger partial charge in [0.2, 0.25) is 0 Å². The van der Waals surface area contributed by atoms with Crippen LogP contribution in [0.1, 0.15) is 26.2 Å². The minimum absolute atomic E-state index is 0.260. The third-order valence-corrected chi connectivity index (χ3v) is 2.58. The van der Waals surface area contributed by atoms with Gasteiger partial charge in [0.15, 0.2) is 0 Å². The predicted octanol–water partition coefficient (Wildman–Crippen LogP) is 1.54. The van der Waals surface area contributed by atoms with Gasteiger partial charge in [-0.15, -0.1) is 0 Å². The van der Waals surface area contributed by atoms with Gasteiger partial charge in [-0.3, -0.25) is 0 Å². The maximum Gasteiger partial charge on any atom is 0.120 e. The van der Waals surface area contributed by atoms with Crippen molar-refractivity contribution in [3.63, 3.8) is 0 Å². The first-order valence-corrected chi connectivity index (χ1v) is 4.54. The van der Waals surface area contributed by atoms with Gasteiger partial charge < -0.3 is 9.90 Å². The van der Waals surface area contributed by atoms with Crippen LogP contribution in [0.25, 0.3) is 0 Å². The summed E-state index contributed by atoms with van der Waals surface area (Å²) < 4.78 is 0. The van der Waals surface area contributed by atoms with Crippen LogP contribution in [0.2, 0.25) is 0 Å². The SMILES string of the molecule is C[C@H](CC=O)[C@H]1C=C[C@@H](O)CC1. The molecule has 0 aromatic rings. The Morgan fingerprint density at radius 2 is 2.33 bits per heavy atom. The molecule has 1 N–H and O–H groups in total. The number of rotatable bonds is 3. The van der Waals surface area contributed by atoms with E-state index < -0.39 is 0 Å². The fourth-order valence-electron chi connectivity index (χ4n) is 1.63. The Balaban J connectivity index is 2.42. The fourth-order valence-corrected chi connectivity index (χ4v) is 1.63. The molecule has 0 aromatic carbocycles. The Labute approximate surface area is 73.3 Å². The van der Waals surface area contributed by atoms with Crippen molar-refractivity contribution in [2.75, 3.05) is 0 Å². The predicted molar refractivity (Wildman–Crippen MR) is 47.7 cm³/mol. The van der Waals surface area contributed by atoms with Crippen molar-refractivity contribution in [3.8, 4) is 0 Å². The maximum atomic E-state index is 10.2. The summed E-state index contributed by atoms with van der Waals surface area (Å²) in [6, 6.07) is 0. The zero-order chi connectivity index (χ0) is 8.97. The van der Waals surface area contributed by atoms with Crippen LogP contribution in [0.4, 0.5) is 0 Å². The van der Waals surface area contributed by atoms with Crippen LogP contribution < -0.4 is 0 Å². The van der Waals surface area contributed by atoms with Crippen LogP contribution >= 0.6 is 0 Å². The van der Waals surface area contributed by atoms with E-state index in [0.717, 1.165) is 19.1 Å². The summed E-state index contributed by atoms with van der Waals surface area (Å²) in [5.41, 5.74) is 0. The van der Waals surface area contributed by atoms with E-state index in [1.54, 1.807) is 0 Å². The average Bonchev–Trinajstić information content (AvgIpc) is 2.06. The Kier molecular flexibility index (Phi) is 3.48. The number of aliphatic hydroxyl groups excluding tert-OH is 1. The highest BCUT2D eigenvalue weighted by molar-refractivity contribution is 5.49. The summed E-state index contributed by atoms with van der Waals surface area (Å²) in [4.78, 5) is 10.2. The van der Waals surface area contributed by atoms with Crippen molar-refractivity contribution < 1.29 is 9.90 Å². The molecular formula is C10H16O2. The second-order valence-corrected chi connectivity index (χ2v) is 3.57. The van der Waals surface area contributed by atoms with E-state index in [1.807, 2.05) is 12.2 Å². The molecule has 0 aliphatic heterocycles. The van der Waals surface area contributed by atoms with E-state index in [-0.39, 0.29) is 6.10 Å². The van der Waals surface area contributed by atoms with Crippen LogP contribution in [0.15, 0.2) is 12.2 Å². The number of carbonyl (C=O) groups excluding carboxylic acids is 1. The first-order valence-electron chi connectivity index (χ1n) is 4.54. The lowest BCUT2D eigenvalue weighted by molar-refractivity contribution is -0.108. The molecule has 0 radical (unpaired) electrons. The summed E-state index contributed by atoms with van der Waals surface area (Å²) in [5.74, 6) is 0.907. The first kappa shape index (κ1) is 9.46. The zero-order valence-electron chi connectivity index (χ0n) is 7.44. The highest BCUT2D eigenvalue weighted by Crippen LogP contribution is 2.26. The van der Waals surface area contributed by atoms with E-state index in [9.17, 15) is 9.90 Å². The second-order valence-electron chi connectivity index (χ2n) is 3.57. The van der Waals surface area contributed by atoms with Crippen LogP contribution in [-0.4, -0.2) is 17.5 Å². The smallest absolute Gasteiger partial charge is 0.120 e. The van der Waals surface area contributed by atoms with Gasteiger partial charge in [0.1, 0.15) is 6.29 Å². The summed E-state index contributed by atoms with van der Waals surface area (Å²) in [5, 5.41) is 9.18. The topological polar surface area (TPSA) is 37.3 Å². The van der Waals surface area contributed by atoms with Crippen molar-refractivity contribution in [2.45, 2.75) is 32.3 Å². The molecule has 0 heterocycles. The minimum Gasteiger partial charge on any atom is -0.389 e. The number of allylic oxidation sites excluding steroid dienone is 1. The Morgan fingerprint density at radius 3 is 2.83 bits per heavy atom. The molecule has 12 heavy (non-hydrogen) atoms. The molecule has 0 spiro atoms. The molecule has 0 bridgehead atoms. The first-order chi connectivity index (χ1) is 5.74. The molecule has 3 atom stereocenters. The fraction of sp³-hybridized carbons (Fsp3) is 0.700. The van der Waals surface area contributed by atoms with E-state index >= 15 is 0 Å². The van der Waals surface area contributed by atoms with Crippen molar-refractivity contribution in [3.05, 3.63) is 12.2 Å². The van der Waals surface area contributed by atoms with Crippen molar-refractivity contribution in [1.82, 2.24) is 0 Å². The van der Waals surface area contributed by atoms with Gasteiger partial charge >= 0.3 is 0 Å². The van der Waals surface area contributed by atoms with E-state index in [1.165, 1.54) is 0 Å². The van der Waals surface area contributed by atoms with Gasteiger partial charge in [-0.25, -0.2) is 0 Å².